The van der Waals surface area contributed by atoms with Gasteiger partial charge in [-0.1, -0.05) is 29.8 Å². The highest BCUT2D eigenvalue weighted by Crippen LogP contribution is 2.23. The van der Waals surface area contributed by atoms with Crippen molar-refractivity contribution in [2.24, 2.45) is 0 Å². The van der Waals surface area contributed by atoms with E-state index in [9.17, 15) is 10.1 Å². The molecule has 0 radical (unpaired) electrons. The molecule has 1 amide bonds. The van der Waals surface area contributed by atoms with Gasteiger partial charge in [0, 0.05) is 22.7 Å². The largest absolute Gasteiger partial charge is 0.297 e. The number of hydrogen-bond donors (Lipinski definition) is 2. The zero-order chi connectivity index (χ0) is 16.9. The molecular weight excluding hydrogens is 322 g/mol. The van der Waals surface area contributed by atoms with E-state index in [4.69, 9.17) is 0 Å². The molecule has 2 aromatic heterocycles. The van der Waals surface area contributed by atoms with Gasteiger partial charge in [0.05, 0.1) is 11.9 Å². The lowest BCUT2D eigenvalue weighted by molar-refractivity contribution is -0.112. The fourth-order valence-corrected chi connectivity index (χ4v) is 2.63. The average molecular weight is 335 g/mol. The van der Waals surface area contributed by atoms with Crippen molar-refractivity contribution in [3.63, 3.8) is 0 Å². The molecule has 2 N–H and O–H groups in total. The van der Waals surface area contributed by atoms with Gasteiger partial charge in [0.25, 0.3) is 5.91 Å². The van der Waals surface area contributed by atoms with Gasteiger partial charge < -0.3 is 0 Å². The van der Waals surface area contributed by atoms with Crippen molar-refractivity contribution in [2.45, 2.75) is 6.92 Å². The predicted octanol–water partition coefficient (Wildman–Crippen LogP) is 3.39. The number of H-pyrrole nitrogens is 1. The zero-order valence-electron chi connectivity index (χ0n) is 12.8. The number of carbonyl (C=O) groups excluding carboxylic acids is 1. The molecule has 0 unspecified atom stereocenters. The molecular formula is C17H13N5OS. The van der Waals surface area contributed by atoms with Crippen LogP contribution in [0.5, 0.6) is 0 Å². The summed E-state index contributed by atoms with van der Waals surface area (Å²) in [5, 5.41) is 21.0. The first-order chi connectivity index (χ1) is 11.7. The van der Waals surface area contributed by atoms with E-state index in [2.05, 4.69) is 20.5 Å². The molecule has 24 heavy (non-hydrogen) atoms. The number of thiazole rings is 1. The Balaban J connectivity index is 1.89. The first-order valence-electron chi connectivity index (χ1n) is 7.10. The number of benzene rings is 1. The van der Waals surface area contributed by atoms with Crippen molar-refractivity contribution >= 4 is 28.5 Å². The number of aryl methyl sites for hydroxylation is 1. The Morgan fingerprint density at radius 3 is 2.83 bits per heavy atom. The Morgan fingerprint density at radius 1 is 1.38 bits per heavy atom. The summed E-state index contributed by atoms with van der Waals surface area (Å²) in [5.74, 6) is -0.497. The van der Waals surface area contributed by atoms with Gasteiger partial charge in [-0.2, -0.15) is 10.4 Å². The number of aromatic nitrogens is 3. The van der Waals surface area contributed by atoms with Crippen LogP contribution in [0.4, 0.5) is 5.13 Å². The summed E-state index contributed by atoms with van der Waals surface area (Å²) >= 11 is 1.29. The molecule has 118 valence electrons. The Bertz CT molecular complexity index is 917. The zero-order valence-corrected chi connectivity index (χ0v) is 13.6. The second-order valence-corrected chi connectivity index (χ2v) is 5.92. The maximum Gasteiger partial charge on any atom is 0.268 e. The lowest BCUT2D eigenvalue weighted by Gasteiger charge is -2.02. The minimum Gasteiger partial charge on any atom is -0.297 e. The standard InChI is InChI=1S/C17H13N5OS/c1-11-2-4-12(5-3-11)15-14(10-20-22-15)8-13(9-18)16(23)21-17-19-6-7-24-17/h2-8,10H,1H3,(H,20,22)(H,19,21,23)/b13-8+. The summed E-state index contributed by atoms with van der Waals surface area (Å²) in [6.07, 6.45) is 4.69. The molecule has 2 heterocycles. The minimum absolute atomic E-state index is 0.0139. The van der Waals surface area contributed by atoms with Crippen LogP contribution in [-0.2, 0) is 4.79 Å². The second kappa shape index (κ2) is 6.89. The number of nitriles is 1. The molecule has 0 aliphatic rings. The molecule has 7 heteroatoms. The number of aromatic amines is 1. The van der Waals surface area contributed by atoms with E-state index in [1.807, 2.05) is 37.3 Å². The van der Waals surface area contributed by atoms with E-state index in [0.29, 0.717) is 10.7 Å². The average Bonchev–Trinajstić information content (AvgIpc) is 3.25. The van der Waals surface area contributed by atoms with Crippen molar-refractivity contribution in [1.82, 2.24) is 15.2 Å². The number of nitrogens with one attached hydrogen (secondary N) is 2. The maximum atomic E-state index is 12.2. The van der Waals surface area contributed by atoms with E-state index >= 15 is 0 Å². The Morgan fingerprint density at radius 2 is 2.17 bits per heavy atom. The Labute approximate surface area is 142 Å². The molecule has 0 fully saturated rings. The molecule has 0 spiro atoms. The molecule has 0 aliphatic heterocycles. The smallest absolute Gasteiger partial charge is 0.268 e. The summed E-state index contributed by atoms with van der Waals surface area (Å²) in [7, 11) is 0. The van der Waals surface area contributed by atoms with E-state index in [1.54, 1.807) is 17.8 Å². The highest BCUT2D eigenvalue weighted by molar-refractivity contribution is 7.13. The summed E-state index contributed by atoms with van der Waals surface area (Å²) in [6, 6.07) is 9.83. The van der Waals surface area contributed by atoms with Crippen LogP contribution in [-0.4, -0.2) is 21.1 Å². The Hall–Kier alpha value is -3.24. The van der Waals surface area contributed by atoms with Crippen LogP contribution in [0.1, 0.15) is 11.1 Å². The monoisotopic (exact) mass is 335 g/mol. The third-order valence-electron chi connectivity index (χ3n) is 3.33. The molecule has 0 saturated heterocycles. The lowest BCUT2D eigenvalue weighted by Crippen LogP contribution is -2.13. The number of carbonyl (C=O) groups is 1. The number of hydrogen-bond acceptors (Lipinski definition) is 5. The molecule has 0 atom stereocenters. The van der Waals surface area contributed by atoms with Gasteiger partial charge in [-0.05, 0) is 13.0 Å². The van der Waals surface area contributed by atoms with E-state index < -0.39 is 5.91 Å². The lowest BCUT2D eigenvalue weighted by atomic mass is 10.0. The second-order valence-electron chi connectivity index (χ2n) is 5.03. The highest BCUT2D eigenvalue weighted by atomic mass is 32.1. The van der Waals surface area contributed by atoms with E-state index in [0.717, 1.165) is 16.8 Å². The molecule has 0 bridgehead atoms. The number of nitrogens with zero attached hydrogens (tertiary/aromatic N) is 3. The van der Waals surface area contributed by atoms with Crippen LogP contribution >= 0.6 is 11.3 Å². The molecule has 1 aromatic carbocycles. The maximum absolute atomic E-state index is 12.2. The summed E-state index contributed by atoms with van der Waals surface area (Å²) in [4.78, 5) is 16.2. The van der Waals surface area contributed by atoms with E-state index in [1.165, 1.54) is 17.4 Å². The van der Waals surface area contributed by atoms with Gasteiger partial charge in [-0.25, -0.2) is 4.98 Å². The van der Waals surface area contributed by atoms with Gasteiger partial charge >= 0.3 is 0 Å². The first kappa shape index (κ1) is 15.6. The summed E-state index contributed by atoms with van der Waals surface area (Å²) in [5.41, 5.74) is 3.49. The van der Waals surface area contributed by atoms with Crippen LogP contribution in [0, 0.1) is 18.3 Å². The number of rotatable bonds is 4. The van der Waals surface area contributed by atoms with Gasteiger partial charge in [-0.15, -0.1) is 11.3 Å². The normalized spacial score (nSPS) is 11.1. The fraction of sp³-hybridized carbons (Fsp3) is 0.0588. The van der Waals surface area contributed by atoms with Crippen molar-refractivity contribution in [2.75, 3.05) is 5.32 Å². The van der Waals surface area contributed by atoms with E-state index in [-0.39, 0.29) is 5.57 Å². The van der Waals surface area contributed by atoms with Crippen LogP contribution < -0.4 is 5.32 Å². The SMILES string of the molecule is Cc1ccc(-c2[nH]ncc2/C=C(\C#N)C(=O)Nc2nccs2)cc1. The predicted molar refractivity (Wildman–Crippen MR) is 93.1 cm³/mol. The quantitative estimate of drug-likeness (QED) is 0.564. The molecule has 0 aliphatic carbocycles. The number of amides is 1. The first-order valence-corrected chi connectivity index (χ1v) is 7.98. The molecule has 6 nitrogen and oxygen atoms in total. The van der Waals surface area contributed by atoms with Gasteiger partial charge in [0.15, 0.2) is 5.13 Å². The van der Waals surface area contributed by atoms with Crippen molar-refractivity contribution < 1.29 is 4.79 Å². The van der Waals surface area contributed by atoms with Crippen LogP contribution in [0.25, 0.3) is 17.3 Å². The van der Waals surface area contributed by atoms with Gasteiger partial charge in [0.2, 0.25) is 0 Å². The van der Waals surface area contributed by atoms with Crippen molar-refractivity contribution in [3.8, 4) is 17.3 Å². The fourth-order valence-electron chi connectivity index (χ4n) is 2.11. The van der Waals surface area contributed by atoms with Crippen LogP contribution in [0.15, 0.2) is 47.6 Å². The molecule has 3 aromatic rings. The van der Waals surface area contributed by atoms with Crippen molar-refractivity contribution in [1.29, 1.82) is 5.26 Å². The highest BCUT2D eigenvalue weighted by Gasteiger charge is 2.13. The molecule has 3 rings (SSSR count). The molecule has 0 saturated carbocycles. The Kier molecular flexibility index (Phi) is 4.50. The summed E-state index contributed by atoms with van der Waals surface area (Å²) in [6.45, 7) is 2.01. The topological polar surface area (TPSA) is 94.5 Å². The number of anilines is 1. The minimum atomic E-state index is -0.497. The van der Waals surface area contributed by atoms with Crippen LogP contribution in [0.3, 0.4) is 0 Å². The third-order valence-corrected chi connectivity index (χ3v) is 4.02. The van der Waals surface area contributed by atoms with Crippen LogP contribution in [0.2, 0.25) is 0 Å². The van der Waals surface area contributed by atoms with Crippen molar-refractivity contribution in [3.05, 3.63) is 58.7 Å². The van der Waals surface area contributed by atoms with Gasteiger partial charge in [0.1, 0.15) is 11.6 Å². The summed E-state index contributed by atoms with van der Waals surface area (Å²) < 4.78 is 0. The van der Waals surface area contributed by atoms with Gasteiger partial charge in [-0.3, -0.25) is 15.2 Å². The third kappa shape index (κ3) is 3.39.